The van der Waals surface area contributed by atoms with Crippen molar-refractivity contribution < 1.29 is 23.9 Å². The van der Waals surface area contributed by atoms with Gasteiger partial charge in [0.15, 0.2) is 18.1 Å². The number of carbonyl (C=O) groups excluding carboxylic acids is 3. The smallest absolute Gasteiger partial charge is 0.329 e. The maximum Gasteiger partial charge on any atom is 0.329 e. The fourth-order valence-corrected chi connectivity index (χ4v) is 3.93. The van der Waals surface area contributed by atoms with E-state index in [1.54, 1.807) is 30.3 Å². The second kappa shape index (κ2) is 13.1. The first kappa shape index (κ1) is 28.0. The third-order valence-electron chi connectivity index (χ3n) is 4.69. The summed E-state index contributed by atoms with van der Waals surface area (Å²) in [6, 6.07) is 15.2. The molecule has 12 heteroatoms. The maximum atomic E-state index is 12.3. The lowest BCUT2D eigenvalue weighted by molar-refractivity contribution is -0.136. The first-order valence-corrected chi connectivity index (χ1v) is 12.2. The number of halogens is 3. The fraction of sp³-hybridized carbons (Fsp3) is 0.120. The molecule has 0 saturated heterocycles. The molecule has 0 radical (unpaired) electrons. The molecule has 0 atom stereocenters. The van der Waals surface area contributed by atoms with E-state index in [9.17, 15) is 14.4 Å². The van der Waals surface area contributed by atoms with Crippen molar-refractivity contribution in [2.45, 2.75) is 6.92 Å². The molecule has 3 N–H and O–H groups in total. The van der Waals surface area contributed by atoms with Crippen LogP contribution in [-0.4, -0.2) is 37.7 Å². The van der Waals surface area contributed by atoms with Crippen LogP contribution >= 0.6 is 39.1 Å². The van der Waals surface area contributed by atoms with E-state index < -0.39 is 11.8 Å². The van der Waals surface area contributed by atoms with E-state index in [1.165, 1.54) is 19.4 Å². The van der Waals surface area contributed by atoms with Crippen LogP contribution in [0.4, 0.5) is 11.4 Å². The van der Waals surface area contributed by atoms with E-state index in [0.717, 1.165) is 5.56 Å². The normalized spacial score (nSPS) is 10.6. The van der Waals surface area contributed by atoms with Gasteiger partial charge >= 0.3 is 11.8 Å². The van der Waals surface area contributed by atoms with Crippen LogP contribution in [0, 0.1) is 6.92 Å². The third kappa shape index (κ3) is 7.94. The van der Waals surface area contributed by atoms with E-state index in [4.69, 9.17) is 32.7 Å². The van der Waals surface area contributed by atoms with Crippen LogP contribution in [0.5, 0.6) is 11.5 Å². The van der Waals surface area contributed by atoms with Gasteiger partial charge < -0.3 is 20.1 Å². The lowest BCUT2D eigenvalue weighted by Gasteiger charge is -2.13. The molecular formula is C25H21BrCl2N4O5. The van der Waals surface area contributed by atoms with E-state index in [2.05, 4.69) is 37.1 Å². The van der Waals surface area contributed by atoms with Gasteiger partial charge in [-0.2, -0.15) is 5.10 Å². The highest BCUT2D eigenvalue weighted by molar-refractivity contribution is 9.10. The largest absolute Gasteiger partial charge is 0.493 e. The zero-order chi connectivity index (χ0) is 26.9. The summed E-state index contributed by atoms with van der Waals surface area (Å²) in [6.07, 6.45) is 1.30. The van der Waals surface area contributed by atoms with Crippen LogP contribution in [0.1, 0.15) is 11.1 Å². The number of aryl methyl sites for hydroxylation is 1. The number of methoxy groups -OCH3 is 1. The summed E-state index contributed by atoms with van der Waals surface area (Å²) in [5.41, 5.74) is 4.51. The van der Waals surface area contributed by atoms with Crippen molar-refractivity contribution in [3.63, 3.8) is 0 Å². The molecule has 37 heavy (non-hydrogen) atoms. The molecule has 192 valence electrons. The van der Waals surface area contributed by atoms with E-state index in [1.807, 2.05) is 25.1 Å². The van der Waals surface area contributed by atoms with Gasteiger partial charge in [-0.25, -0.2) is 5.43 Å². The minimum atomic E-state index is -1.02. The van der Waals surface area contributed by atoms with Crippen molar-refractivity contribution >= 4 is 74.4 Å². The third-order valence-corrected chi connectivity index (χ3v) is 6.09. The Balaban J connectivity index is 1.59. The van der Waals surface area contributed by atoms with Crippen molar-refractivity contribution in [3.05, 3.63) is 80.2 Å². The highest BCUT2D eigenvalue weighted by Gasteiger charge is 2.16. The van der Waals surface area contributed by atoms with Gasteiger partial charge in [-0.3, -0.25) is 14.4 Å². The number of hydrogen-bond acceptors (Lipinski definition) is 6. The molecule has 0 bridgehead atoms. The summed E-state index contributed by atoms with van der Waals surface area (Å²) in [4.78, 5) is 36.5. The van der Waals surface area contributed by atoms with Gasteiger partial charge in [0.05, 0.1) is 33.5 Å². The first-order valence-electron chi connectivity index (χ1n) is 10.6. The minimum Gasteiger partial charge on any atom is -0.493 e. The van der Waals surface area contributed by atoms with E-state index in [0.29, 0.717) is 27.2 Å². The van der Waals surface area contributed by atoms with Gasteiger partial charge in [-0.05, 0) is 70.4 Å². The zero-order valence-corrected chi connectivity index (χ0v) is 22.7. The summed E-state index contributed by atoms with van der Waals surface area (Å²) in [5, 5.41) is 9.26. The van der Waals surface area contributed by atoms with Crippen molar-refractivity contribution in [1.82, 2.24) is 5.43 Å². The molecule has 0 saturated carbocycles. The summed E-state index contributed by atoms with van der Waals surface area (Å²) >= 11 is 15.3. The van der Waals surface area contributed by atoms with Gasteiger partial charge in [0, 0.05) is 5.69 Å². The van der Waals surface area contributed by atoms with Crippen LogP contribution in [0.2, 0.25) is 10.0 Å². The molecule has 0 spiro atoms. The Bertz CT molecular complexity index is 1370. The molecular weight excluding hydrogens is 587 g/mol. The predicted octanol–water partition coefficient (Wildman–Crippen LogP) is 5.18. The Kier molecular flexibility index (Phi) is 9.90. The lowest BCUT2D eigenvalue weighted by atomic mass is 10.2. The second-order valence-corrected chi connectivity index (χ2v) is 9.13. The number of nitrogens with zero attached hydrogens (tertiary/aromatic N) is 1. The van der Waals surface area contributed by atoms with Gasteiger partial charge in [0.2, 0.25) is 0 Å². The molecule has 3 aromatic rings. The molecule has 3 aromatic carbocycles. The molecule has 0 unspecified atom stereocenters. The molecule has 0 aromatic heterocycles. The Morgan fingerprint density at radius 1 is 1.03 bits per heavy atom. The number of anilines is 2. The van der Waals surface area contributed by atoms with Gasteiger partial charge in [0.25, 0.3) is 5.91 Å². The number of carbonyl (C=O) groups is 3. The van der Waals surface area contributed by atoms with Crippen LogP contribution < -0.4 is 25.5 Å². The van der Waals surface area contributed by atoms with Crippen LogP contribution in [0.3, 0.4) is 0 Å². The average molecular weight is 608 g/mol. The van der Waals surface area contributed by atoms with E-state index in [-0.39, 0.29) is 28.2 Å². The molecule has 0 fully saturated rings. The van der Waals surface area contributed by atoms with Gasteiger partial charge in [-0.1, -0.05) is 41.4 Å². The number of hydrazone groups is 1. The van der Waals surface area contributed by atoms with Gasteiger partial charge in [0.1, 0.15) is 0 Å². The van der Waals surface area contributed by atoms with Gasteiger partial charge in [-0.15, -0.1) is 0 Å². The first-order chi connectivity index (χ1) is 17.7. The zero-order valence-electron chi connectivity index (χ0n) is 19.6. The Labute approximate surface area is 231 Å². The standard InChI is InChI=1S/C25H21BrCl2N4O5/c1-14-5-3-6-16(9-14)30-21(33)13-37-23-17(26)10-15(11-20(23)36-2)12-29-32-25(35)24(34)31-19-8-4-7-18(27)22(19)28/h3-12H,13H2,1-2H3,(H,30,33)(H,31,34)(H,32,35)/b29-12-. The number of amides is 3. The highest BCUT2D eigenvalue weighted by atomic mass is 79.9. The molecule has 0 aliphatic rings. The highest BCUT2D eigenvalue weighted by Crippen LogP contribution is 2.36. The molecule has 0 aliphatic carbocycles. The summed E-state index contributed by atoms with van der Waals surface area (Å²) in [6.45, 7) is 1.68. The maximum absolute atomic E-state index is 12.3. The number of ether oxygens (including phenoxy) is 2. The minimum absolute atomic E-state index is 0.112. The number of benzene rings is 3. The average Bonchev–Trinajstić information content (AvgIpc) is 2.85. The quantitative estimate of drug-likeness (QED) is 0.185. The number of rotatable bonds is 8. The van der Waals surface area contributed by atoms with Crippen molar-refractivity contribution in [3.8, 4) is 11.5 Å². The molecule has 0 aliphatic heterocycles. The van der Waals surface area contributed by atoms with Crippen LogP contribution in [0.25, 0.3) is 0 Å². The summed E-state index contributed by atoms with van der Waals surface area (Å²) in [7, 11) is 1.44. The predicted molar refractivity (Wildman–Crippen MR) is 147 cm³/mol. The molecule has 3 amide bonds. The second-order valence-electron chi connectivity index (χ2n) is 7.50. The number of nitrogens with one attached hydrogen (secondary N) is 3. The topological polar surface area (TPSA) is 118 Å². The Morgan fingerprint density at radius 3 is 2.51 bits per heavy atom. The van der Waals surface area contributed by atoms with Crippen molar-refractivity contribution in [2.75, 3.05) is 24.4 Å². The van der Waals surface area contributed by atoms with Crippen molar-refractivity contribution in [2.24, 2.45) is 5.10 Å². The molecule has 9 nitrogen and oxygen atoms in total. The Morgan fingerprint density at radius 2 is 1.78 bits per heavy atom. The van der Waals surface area contributed by atoms with Crippen LogP contribution in [-0.2, 0) is 14.4 Å². The SMILES string of the molecule is COc1cc(/C=N\NC(=O)C(=O)Nc2cccc(Cl)c2Cl)cc(Br)c1OCC(=O)Nc1cccc(C)c1. The Hall–Kier alpha value is -3.60. The summed E-state index contributed by atoms with van der Waals surface area (Å²) < 4.78 is 11.5. The number of hydrogen-bond donors (Lipinski definition) is 3. The van der Waals surface area contributed by atoms with Crippen LogP contribution in [0.15, 0.2) is 64.2 Å². The van der Waals surface area contributed by atoms with E-state index >= 15 is 0 Å². The summed E-state index contributed by atoms with van der Waals surface area (Å²) in [5.74, 6) is -1.71. The lowest BCUT2D eigenvalue weighted by Crippen LogP contribution is -2.32. The monoisotopic (exact) mass is 606 g/mol. The van der Waals surface area contributed by atoms with Crippen molar-refractivity contribution in [1.29, 1.82) is 0 Å². The molecule has 3 rings (SSSR count). The molecule has 0 heterocycles. The fourth-order valence-electron chi connectivity index (χ4n) is 3.01.